The van der Waals surface area contributed by atoms with Crippen LogP contribution in [-0.4, -0.2) is 22.8 Å². The Morgan fingerprint density at radius 2 is 2.26 bits per heavy atom. The predicted octanol–water partition coefficient (Wildman–Crippen LogP) is 2.45. The fourth-order valence-corrected chi connectivity index (χ4v) is 2.91. The summed E-state index contributed by atoms with van der Waals surface area (Å²) in [6.45, 7) is 2.50. The lowest BCUT2D eigenvalue weighted by molar-refractivity contribution is -0.122. The third kappa shape index (κ3) is 2.66. The van der Waals surface area contributed by atoms with Gasteiger partial charge in [-0.3, -0.25) is 9.59 Å². The molecule has 0 aliphatic carbocycles. The van der Waals surface area contributed by atoms with Gasteiger partial charge < -0.3 is 10.6 Å². The van der Waals surface area contributed by atoms with E-state index in [4.69, 9.17) is 5.73 Å². The van der Waals surface area contributed by atoms with E-state index in [0.717, 1.165) is 22.9 Å². The number of hydrogen-bond donors (Lipinski definition) is 1. The molecule has 0 radical (unpaired) electrons. The minimum Gasteiger partial charge on any atom is -0.368 e. The molecule has 1 unspecified atom stereocenters. The molecule has 4 nitrogen and oxygen atoms in total. The molecule has 0 aromatic heterocycles. The lowest BCUT2D eigenvalue weighted by Gasteiger charge is -2.25. The van der Waals surface area contributed by atoms with Crippen molar-refractivity contribution in [3.05, 3.63) is 33.8 Å². The molecule has 1 aliphatic heterocycles. The molecular formula is C14H17BrN2O2. The molecule has 0 fully saturated rings. The summed E-state index contributed by atoms with van der Waals surface area (Å²) in [5, 5.41) is 0. The van der Waals surface area contributed by atoms with Gasteiger partial charge in [-0.15, -0.1) is 0 Å². The van der Waals surface area contributed by atoms with Gasteiger partial charge in [0.2, 0.25) is 5.91 Å². The third-order valence-corrected chi connectivity index (χ3v) is 4.22. The van der Waals surface area contributed by atoms with Crippen LogP contribution in [-0.2, 0) is 11.3 Å². The van der Waals surface area contributed by atoms with Crippen LogP contribution in [0.1, 0.15) is 42.1 Å². The highest BCUT2D eigenvalue weighted by Gasteiger charge is 2.35. The molecule has 1 aromatic carbocycles. The van der Waals surface area contributed by atoms with Crippen molar-refractivity contribution < 1.29 is 9.59 Å². The molecular weight excluding hydrogens is 308 g/mol. The zero-order valence-corrected chi connectivity index (χ0v) is 12.4. The second kappa shape index (κ2) is 5.74. The highest BCUT2D eigenvalue weighted by molar-refractivity contribution is 9.10. The summed E-state index contributed by atoms with van der Waals surface area (Å²) in [5.74, 6) is -0.526. The molecule has 0 saturated carbocycles. The first-order valence-corrected chi connectivity index (χ1v) is 7.23. The summed E-state index contributed by atoms with van der Waals surface area (Å²) in [4.78, 5) is 25.5. The van der Waals surface area contributed by atoms with E-state index < -0.39 is 11.9 Å². The molecule has 0 spiro atoms. The van der Waals surface area contributed by atoms with Crippen molar-refractivity contribution in [1.82, 2.24) is 4.90 Å². The largest absolute Gasteiger partial charge is 0.368 e. The van der Waals surface area contributed by atoms with Crippen molar-refractivity contribution in [3.63, 3.8) is 0 Å². The van der Waals surface area contributed by atoms with Gasteiger partial charge in [0.25, 0.3) is 5.91 Å². The first-order chi connectivity index (χ1) is 9.06. The minimum atomic E-state index is -0.508. The normalized spacial score (nSPS) is 15.5. The number of benzene rings is 1. The highest BCUT2D eigenvalue weighted by atomic mass is 79.9. The maximum absolute atomic E-state index is 12.4. The van der Waals surface area contributed by atoms with Gasteiger partial charge in [-0.1, -0.05) is 41.8 Å². The summed E-state index contributed by atoms with van der Waals surface area (Å²) in [7, 11) is 0. The zero-order valence-electron chi connectivity index (χ0n) is 10.9. The summed E-state index contributed by atoms with van der Waals surface area (Å²) in [5.41, 5.74) is 7.05. The van der Waals surface area contributed by atoms with Crippen LogP contribution in [0.4, 0.5) is 0 Å². The number of halogens is 1. The predicted molar refractivity (Wildman–Crippen MR) is 76.5 cm³/mol. The number of fused-ring (bicyclic) bond motifs is 1. The molecule has 2 amide bonds. The molecule has 1 aliphatic rings. The van der Waals surface area contributed by atoms with Gasteiger partial charge in [-0.25, -0.2) is 0 Å². The first kappa shape index (κ1) is 14.1. The van der Waals surface area contributed by atoms with Crippen LogP contribution in [0.25, 0.3) is 0 Å². The Morgan fingerprint density at radius 1 is 1.53 bits per heavy atom. The van der Waals surface area contributed by atoms with Crippen LogP contribution in [0.2, 0.25) is 0 Å². The fraction of sp³-hybridized carbons (Fsp3) is 0.429. The molecule has 1 aromatic rings. The Morgan fingerprint density at radius 3 is 2.84 bits per heavy atom. The fourth-order valence-electron chi connectivity index (χ4n) is 2.42. The monoisotopic (exact) mass is 324 g/mol. The molecule has 0 saturated heterocycles. The van der Waals surface area contributed by atoms with Crippen molar-refractivity contribution in [2.75, 3.05) is 0 Å². The van der Waals surface area contributed by atoms with E-state index in [2.05, 4.69) is 22.9 Å². The second-order valence-electron chi connectivity index (χ2n) is 4.76. The highest BCUT2D eigenvalue weighted by Crippen LogP contribution is 2.31. The minimum absolute atomic E-state index is 0.101. The number of carbonyl (C=O) groups is 2. The van der Waals surface area contributed by atoms with Crippen molar-refractivity contribution in [3.8, 4) is 0 Å². The lowest BCUT2D eigenvalue weighted by atomic mass is 10.1. The topological polar surface area (TPSA) is 63.4 Å². The maximum Gasteiger partial charge on any atom is 0.255 e. The number of amides is 2. The van der Waals surface area contributed by atoms with Crippen molar-refractivity contribution >= 4 is 27.7 Å². The van der Waals surface area contributed by atoms with E-state index >= 15 is 0 Å². The van der Waals surface area contributed by atoms with E-state index in [9.17, 15) is 9.59 Å². The van der Waals surface area contributed by atoms with Crippen molar-refractivity contribution in [2.24, 2.45) is 5.73 Å². The van der Waals surface area contributed by atoms with Crippen LogP contribution in [0, 0.1) is 0 Å². The SMILES string of the molecule is CCCCC(C(N)=O)N1Cc2c(Br)cccc2C1=O. The van der Waals surface area contributed by atoms with Gasteiger partial charge in [0.1, 0.15) is 6.04 Å². The van der Waals surface area contributed by atoms with Gasteiger partial charge in [0.15, 0.2) is 0 Å². The summed E-state index contributed by atoms with van der Waals surface area (Å²) < 4.78 is 0.902. The van der Waals surface area contributed by atoms with Gasteiger partial charge in [0.05, 0.1) is 0 Å². The third-order valence-electron chi connectivity index (χ3n) is 3.47. The number of unbranched alkanes of at least 4 members (excludes halogenated alkanes) is 1. The Kier molecular flexibility index (Phi) is 4.24. The number of carbonyl (C=O) groups excluding carboxylic acids is 2. The first-order valence-electron chi connectivity index (χ1n) is 6.44. The van der Waals surface area contributed by atoms with E-state index in [1.807, 2.05) is 12.1 Å². The summed E-state index contributed by atoms with van der Waals surface area (Å²) >= 11 is 3.45. The van der Waals surface area contributed by atoms with Crippen LogP contribution in [0.5, 0.6) is 0 Å². The van der Waals surface area contributed by atoms with Gasteiger partial charge in [-0.05, 0) is 24.1 Å². The van der Waals surface area contributed by atoms with Crippen molar-refractivity contribution in [1.29, 1.82) is 0 Å². The van der Waals surface area contributed by atoms with E-state index in [1.54, 1.807) is 11.0 Å². The molecule has 19 heavy (non-hydrogen) atoms. The van der Waals surface area contributed by atoms with Crippen molar-refractivity contribution in [2.45, 2.75) is 38.8 Å². The van der Waals surface area contributed by atoms with Gasteiger partial charge in [0, 0.05) is 16.6 Å². The second-order valence-corrected chi connectivity index (χ2v) is 5.61. The molecule has 2 N–H and O–H groups in total. The Labute approximate surface area is 121 Å². The number of primary amides is 1. The molecule has 102 valence electrons. The van der Waals surface area contributed by atoms with Gasteiger partial charge >= 0.3 is 0 Å². The van der Waals surface area contributed by atoms with E-state index in [-0.39, 0.29) is 5.91 Å². The Hall–Kier alpha value is -1.36. The average molecular weight is 325 g/mol. The number of hydrogen-bond acceptors (Lipinski definition) is 2. The quantitative estimate of drug-likeness (QED) is 0.904. The van der Waals surface area contributed by atoms with Crippen LogP contribution >= 0.6 is 15.9 Å². The van der Waals surface area contributed by atoms with Crippen LogP contribution in [0.3, 0.4) is 0 Å². The lowest BCUT2D eigenvalue weighted by Crippen LogP contribution is -2.44. The van der Waals surface area contributed by atoms with Crippen LogP contribution < -0.4 is 5.73 Å². The standard InChI is InChI=1S/C14H17BrN2O2/c1-2-3-7-12(13(16)18)17-8-10-9(14(17)19)5-4-6-11(10)15/h4-6,12H,2-3,7-8H2,1H3,(H2,16,18). The van der Waals surface area contributed by atoms with E-state index in [1.165, 1.54) is 0 Å². The molecule has 1 heterocycles. The van der Waals surface area contributed by atoms with Crippen LogP contribution in [0.15, 0.2) is 22.7 Å². The molecule has 5 heteroatoms. The summed E-state index contributed by atoms with van der Waals surface area (Å²) in [6.07, 6.45) is 2.49. The Bertz CT molecular complexity index is 516. The number of nitrogens with two attached hydrogens (primary N) is 1. The number of nitrogens with zero attached hydrogens (tertiary/aromatic N) is 1. The smallest absolute Gasteiger partial charge is 0.255 e. The summed E-state index contributed by atoms with van der Waals surface area (Å²) in [6, 6.07) is 5.02. The molecule has 1 atom stereocenters. The van der Waals surface area contributed by atoms with E-state index in [0.29, 0.717) is 18.5 Å². The average Bonchev–Trinajstić information content (AvgIpc) is 2.69. The molecule has 0 bridgehead atoms. The maximum atomic E-state index is 12.4. The Balaban J connectivity index is 2.26. The number of rotatable bonds is 5. The molecule has 2 rings (SSSR count). The van der Waals surface area contributed by atoms with Gasteiger partial charge in [-0.2, -0.15) is 0 Å². The zero-order chi connectivity index (χ0) is 14.0.